The van der Waals surface area contributed by atoms with Crippen molar-refractivity contribution in [1.29, 1.82) is 0 Å². The van der Waals surface area contributed by atoms with E-state index in [1.54, 1.807) is 0 Å². The summed E-state index contributed by atoms with van der Waals surface area (Å²) >= 11 is 0. The number of hydrogen-bond acceptors (Lipinski definition) is 2. The summed E-state index contributed by atoms with van der Waals surface area (Å²) in [5, 5.41) is 0. The zero-order valence-electron chi connectivity index (χ0n) is 8.95. The molecule has 2 rings (SSSR count). The molecule has 0 aromatic heterocycles. The van der Waals surface area contributed by atoms with Crippen molar-refractivity contribution < 1.29 is 9.47 Å². The summed E-state index contributed by atoms with van der Waals surface area (Å²) in [5.41, 5.74) is 0. The lowest BCUT2D eigenvalue weighted by Crippen LogP contribution is -2.17. The molecule has 0 amide bonds. The zero-order valence-corrected chi connectivity index (χ0v) is 8.95. The second-order valence-electron chi connectivity index (χ2n) is 4.23. The van der Waals surface area contributed by atoms with Gasteiger partial charge in [0, 0.05) is 18.9 Å². The Morgan fingerprint density at radius 3 is 3.21 bits per heavy atom. The Kier molecular flexibility index (Phi) is 3.60. The van der Waals surface area contributed by atoms with E-state index in [-0.39, 0.29) is 6.29 Å². The summed E-state index contributed by atoms with van der Waals surface area (Å²) < 4.78 is 11.5. The minimum Gasteiger partial charge on any atom is -0.353 e. The van der Waals surface area contributed by atoms with Gasteiger partial charge in [0.25, 0.3) is 0 Å². The summed E-state index contributed by atoms with van der Waals surface area (Å²) in [4.78, 5) is 0. The molecular weight excluding hydrogens is 176 g/mol. The fourth-order valence-electron chi connectivity index (χ4n) is 2.21. The summed E-state index contributed by atoms with van der Waals surface area (Å²) in [6, 6.07) is 0. The predicted octanol–water partition coefficient (Wildman–Crippen LogP) is 2.88. The molecule has 3 atom stereocenters. The van der Waals surface area contributed by atoms with Crippen LogP contribution in [-0.4, -0.2) is 19.0 Å². The van der Waals surface area contributed by atoms with E-state index >= 15 is 0 Å². The minimum absolute atomic E-state index is 0.0688. The van der Waals surface area contributed by atoms with Gasteiger partial charge in [-0.1, -0.05) is 25.5 Å². The predicted molar refractivity (Wildman–Crippen MR) is 56.0 cm³/mol. The molecular formula is C12H20O2. The van der Waals surface area contributed by atoms with Crippen LogP contribution in [0.1, 0.15) is 39.0 Å². The van der Waals surface area contributed by atoms with Crippen molar-refractivity contribution >= 4 is 0 Å². The third kappa shape index (κ3) is 2.37. The second kappa shape index (κ2) is 4.94. The largest absolute Gasteiger partial charge is 0.353 e. The van der Waals surface area contributed by atoms with Gasteiger partial charge in [-0.2, -0.15) is 0 Å². The molecule has 0 saturated carbocycles. The Morgan fingerprint density at radius 1 is 1.50 bits per heavy atom. The molecule has 3 unspecified atom stereocenters. The van der Waals surface area contributed by atoms with Crippen LogP contribution >= 0.6 is 0 Å². The molecule has 0 radical (unpaired) electrons. The maximum absolute atomic E-state index is 5.84. The van der Waals surface area contributed by atoms with Crippen LogP contribution in [0.15, 0.2) is 12.2 Å². The van der Waals surface area contributed by atoms with Crippen LogP contribution in [0.2, 0.25) is 0 Å². The first-order chi connectivity index (χ1) is 6.90. The number of allylic oxidation sites excluding steroid dienone is 1. The van der Waals surface area contributed by atoms with Crippen molar-refractivity contribution in [2.24, 2.45) is 5.92 Å². The maximum atomic E-state index is 5.84. The molecule has 0 spiro atoms. The van der Waals surface area contributed by atoms with Crippen LogP contribution in [-0.2, 0) is 9.47 Å². The van der Waals surface area contributed by atoms with Gasteiger partial charge in [-0.25, -0.2) is 0 Å². The molecule has 0 bridgehead atoms. The SMILES string of the molecule is CCCCOC1CC2C=CCCC2O1. The molecule has 1 aliphatic carbocycles. The molecule has 14 heavy (non-hydrogen) atoms. The normalized spacial score (nSPS) is 35.9. The first-order valence-electron chi connectivity index (χ1n) is 5.84. The van der Waals surface area contributed by atoms with Gasteiger partial charge in [-0.05, 0) is 19.3 Å². The van der Waals surface area contributed by atoms with Gasteiger partial charge in [0.2, 0.25) is 0 Å². The van der Waals surface area contributed by atoms with Gasteiger partial charge in [0.05, 0.1) is 6.10 Å². The molecule has 1 saturated heterocycles. The van der Waals surface area contributed by atoms with Crippen LogP contribution < -0.4 is 0 Å². The van der Waals surface area contributed by atoms with Crippen LogP contribution in [0.3, 0.4) is 0 Å². The van der Waals surface area contributed by atoms with E-state index in [1.165, 1.54) is 19.3 Å². The Balaban J connectivity index is 1.74. The van der Waals surface area contributed by atoms with Gasteiger partial charge >= 0.3 is 0 Å². The average Bonchev–Trinajstić information content (AvgIpc) is 2.60. The fourth-order valence-corrected chi connectivity index (χ4v) is 2.21. The molecule has 2 heteroatoms. The van der Waals surface area contributed by atoms with E-state index in [9.17, 15) is 0 Å². The molecule has 0 aromatic carbocycles. The van der Waals surface area contributed by atoms with Crippen molar-refractivity contribution in [1.82, 2.24) is 0 Å². The molecule has 1 heterocycles. The van der Waals surface area contributed by atoms with Crippen LogP contribution in [0.4, 0.5) is 0 Å². The van der Waals surface area contributed by atoms with Gasteiger partial charge in [-0.3, -0.25) is 0 Å². The molecule has 2 aliphatic rings. The summed E-state index contributed by atoms with van der Waals surface area (Å²) in [6.45, 7) is 3.03. The smallest absolute Gasteiger partial charge is 0.158 e. The Bertz CT molecular complexity index is 200. The maximum Gasteiger partial charge on any atom is 0.158 e. The van der Waals surface area contributed by atoms with Gasteiger partial charge < -0.3 is 9.47 Å². The van der Waals surface area contributed by atoms with Crippen molar-refractivity contribution in [3.63, 3.8) is 0 Å². The highest BCUT2D eigenvalue weighted by Crippen LogP contribution is 2.33. The number of rotatable bonds is 4. The van der Waals surface area contributed by atoms with E-state index in [4.69, 9.17) is 9.47 Å². The van der Waals surface area contributed by atoms with E-state index in [0.29, 0.717) is 12.0 Å². The topological polar surface area (TPSA) is 18.5 Å². The lowest BCUT2D eigenvalue weighted by Gasteiger charge is -2.18. The number of hydrogen-bond donors (Lipinski definition) is 0. The molecule has 0 N–H and O–H groups in total. The van der Waals surface area contributed by atoms with E-state index in [0.717, 1.165) is 19.4 Å². The quantitative estimate of drug-likeness (QED) is 0.508. The molecule has 0 aromatic rings. The fraction of sp³-hybridized carbons (Fsp3) is 0.833. The first-order valence-corrected chi connectivity index (χ1v) is 5.84. The van der Waals surface area contributed by atoms with E-state index in [1.807, 2.05) is 0 Å². The lowest BCUT2D eigenvalue weighted by atomic mass is 9.92. The van der Waals surface area contributed by atoms with E-state index in [2.05, 4.69) is 19.1 Å². The van der Waals surface area contributed by atoms with Crippen molar-refractivity contribution in [3.05, 3.63) is 12.2 Å². The summed E-state index contributed by atoms with van der Waals surface area (Å²) in [7, 11) is 0. The van der Waals surface area contributed by atoms with Crippen molar-refractivity contribution in [2.75, 3.05) is 6.61 Å². The second-order valence-corrected chi connectivity index (χ2v) is 4.23. The third-order valence-corrected chi connectivity index (χ3v) is 3.07. The van der Waals surface area contributed by atoms with Crippen LogP contribution in [0, 0.1) is 5.92 Å². The highest BCUT2D eigenvalue weighted by atomic mass is 16.7. The zero-order chi connectivity index (χ0) is 9.80. The highest BCUT2D eigenvalue weighted by Gasteiger charge is 2.34. The van der Waals surface area contributed by atoms with Crippen LogP contribution in [0.25, 0.3) is 0 Å². The minimum atomic E-state index is 0.0688. The summed E-state index contributed by atoms with van der Waals surface area (Å²) in [6.07, 6.45) is 10.8. The van der Waals surface area contributed by atoms with Crippen molar-refractivity contribution in [3.8, 4) is 0 Å². The van der Waals surface area contributed by atoms with Crippen molar-refractivity contribution in [2.45, 2.75) is 51.4 Å². The number of ether oxygens (including phenoxy) is 2. The Morgan fingerprint density at radius 2 is 2.43 bits per heavy atom. The highest BCUT2D eigenvalue weighted by molar-refractivity contribution is 5.00. The number of fused-ring (bicyclic) bond motifs is 1. The Hall–Kier alpha value is -0.340. The lowest BCUT2D eigenvalue weighted by molar-refractivity contribution is -0.135. The first kappa shape index (κ1) is 10.2. The molecule has 1 fully saturated rings. The third-order valence-electron chi connectivity index (χ3n) is 3.07. The summed E-state index contributed by atoms with van der Waals surface area (Å²) in [5.74, 6) is 0.621. The van der Waals surface area contributed by atoms with Gasteiger partial charge in [0.15, 0.2) is 6.29 Å². The molecule has 2 nitrogen and oxygen atoms in total. The van der Waals surface area contributed by atoms with Gasteiger partial charge in [-0.15, -0.1) is 0 Å². The molecule has 1 aliphatic heterocycles. The van der Waals surface area contributed by atoms with Gasteiger partial charge in [0.1, 0.15) is 0 Å². The average molecular weight is 196 g/mol. The molecule has 80 valence electrons. The Labute approximate surface area is 86.3 Å². The number of unbranched alkanes of at least 4 members (excludes halogenated alkanes) is 1. The van der Waals surface area contributed by atoms with E-state index < -0.39 is 0 Å². The standard InChI is InChI=1S/C12H20O2/c1-2-3-8-13-12-9-10-6-4-5-7-11(10)14-12/h4,6,10-12H,2-3,5,7-9H2,1H3. The monoisotopic (exact) mass is 196 g/mol. The van der Waals surface area contributed by atoms with Crippen LogP contribution in [0.5, 0.6) is 0 Å².